The summed E-state index contributed by atoms with van der Waals surface area (Å²) >= 11 is 0. The van der Waals surface area contributed by atoms with Crippen LogP contribution in [0.5, 0.6) is 0 Å². The number of fused-ring (bicyclic) bond motifs is 1. The van der Waals surface area contributed by atoms with Gasteiger partial charge in [-0.05, 0) is 24.3 Å². The Kier molecular flexibility index (Phi) is 2.21. The minimum Gasteiger partial charge on any atom is -0.255 e. The topological polar surface area (TPSA) is 78.5 Å². The lowest BCUT2D eigenvalue weighted by Gasteiger charge is -2.00. The molecule has 0 fully saturated rings. The summed E-state index contributed by atoms with van der Waals surface area (Å²) in [6, 6.07) is 11.3. The Labute approximate surface area is 102 Å². The first-order chi connectivity index (χ1) is 8.78. The smallest absolute Gasteiger partial charge is 0.255 e. The molecule has 1 aliphatic heterocycles. The van der Waals surface area contributed by atoms with Gasteiger partial charge in [0.05, 0.1) is 16.6 Å². The third-order valence-corrected chi connectivity index (χ3v) is 2.51. The van der Waals surface area contributed by atoms with Gasteiger partial charge in [-0.15, -0.1) is 0 Å². The highest BCUT2D eigenvalue weighted by Gasteiger charge is 2.10. The van der Waals surface area contributed by atoms with Crippen molar-refractivity contribution in [3.63, 3.8) is 0 Å². The average Bonchev–Trinajstić information content (AvgIpc) is 2.77. The van der Waals surface area contributed by atoms with Crippen LogP contribution in [-0.4, -0.2) is 11.0 Å². The number of pyridine rings is 1. The highest BCUT2D eigenvalue weighted by molar-refractivity contribution is 5.77. The monoisotopic (exact) mass is 233 g/mol. The van der Waals surface area contributed by atoms with Crippen LogP contribution in [-0.2, 0) is 0 Å². The molecule has 0 aliphatic carbocycles. The summed E-state index contributed by atoms with van der Waals surface area (Å²) in [5.41, 5.74) is 1.60. The molecule has 0 saturated heterocycles. The molecule has 0 spiro atoms. The van der Waals surface area contributed by atoms with Gasteiger partial charge in [0, 0.05) is 17.8 Å². The number of carbonyl (C=O) groups is 1. The molecule has 1 aromatic carbocycles. The zero-order valence-electron chi connectivity index (χ0n) is 9.08. The van der Waals surface area contributed by atoms with Gasteiger partial charge in [-0.2, -0.15) is 15.2 Å². The molecule has 0 N–H and O–H groups in total. The molecule has 1 aromatic heterocycles. The van der Waals surface area contributed by atoms with Crippen molar-refractivity contribution in [2.24, 2.45) is 9.98 Å². The van der Waals surface area contributed by atoms with Gasteiger partial charge >= 0.3 is 6.03 Å². The van der Waals surface area contributed by atoms with Crippen LogP contribution >= 0.6 is 0 Å². The Morgan fingerprint density at radius 1 is 1.22 bits per heavy atom. The fourth-order valence-corrected chi connectivity index (χ4v) is 1.72. The molecule has 3 rings (SSSR count). The van der Waals surface area contributed by atoms with E-state index >= 15 is 0 Å². The molecule has 0 saturated carbocycles. The van der Waals surface area contributed by atoms with Crippen molar-refractivity contribution in [2.75, 3.05) is 0 Å². The van der Waals surface area contributed by atoms with Gasteiger partial charge in [0.2, 0.25) is 0 Å². The molecule has 18 heavy (non-hydrogen) atoms. The molecule has 2 heterocycles. The van der Waals surface area contributed by atoms with E-state index in [9.17, 15) is 4.79 Å². The molecule has 1 radical (unpaired) electrons. The Bertz CT molecular complexity index is 818. The third kappa shape index (κ3) is 1.57. The van der Waals surface area contributed by atoms with Crippen LogP contribution < -0.4 is 10.7 Å². The van der Waals surface area contributed by atoms with Gasteiger partial charge in [0.25, 0.3) is 0 Å². The number of hydrogen-bond acceptors (Lipinski definition) is 3. The van der Waals surface area contributed by atoms with Crippen molar-refractivity contribution in [3.8, 4) is 17.3 Å². The highest BCUT2D eigenvalue weighted by atomic mass is 16.2. The molecular weight excluding hydrogens is 228 g/mol. The lowest BCUT2D eigenvalue weighted by molar-refractivity contribution is 0.256. The normalized spacial score (nSPS) is 12.3. The van der Waals surface area contributed by atoms with Crippen LogP contribution in [0.3, 0.4) is 0 Å². The van der Waals surface area contributed by atoms with E-state index in [4.69, 9.17) is 5.26 Å². The standard InChI is InChI=1S/C13H5N4O/c14-7-9-2-1-5-15-12(9)8-3-4-10-11(6-8)17-13(18)16-10/h1-5H. The van der Waals surface area contributed by atoms with Crippen molar-refractivity contribution < 1.29 is 4.79 Å². The number of nitrogens with zero attached hydrogens (tertiary/aromatic N) is 4. The summed E-state index contributed by atoms with van der Waals surface area (Å²) < 4.78 is 0. The maximum atomic E-state index is 11.0. The molecule has 5 nitrogen and oxygen atoms in total. The number of hydrogen-bond donors (Lipinski definition) is 0. The second-order valence-electron chi connectivity index (χ2n) is 3.62. The number of carbonyl (C=O) groups excluding carboxylic acids is 1. The highest BCUT2D eigenvalue weighted by Crippen LogP contribution is 2.17. The maximum absolute atomic E-state index is 11.0. The predicted octanol–water partition coefficient (Wildman–Crippen LogP) is 0.793. The summed E-state index contributed by atoms with van der Waals surface area (Å²) in [6.45, 7) is 0. The number of urea groups is 1. The van der Waals surface area contributed by atoms with Gasteiger partial charge in [0.1, 0.15) is 11.4 Å². The largest absolute Gasteiger partial charge is 0.368 e. The number of benzene rings is 1. The summed E-state index contributed by atoms with van der Waals surface area (Å²) in [6.07, 6.45) is 1.60. The van der Waals surface area contributed by atoms with E-state index in [1.165, 1.54) is 0 Å². The minimum atomic E-state index is -0.528. The Balaban J connectivity index is 2.25. The van der Waals surface area contributed by atoms with Gasteiger partial charge in [0.15, 0.2) is 0 Å². The molecule has 0 unspecified atom stereocenters. The molecule has 0 bridgehead atoms. The zero-order valence-corrected chi connectivity index (χ0v) is 9.08. The van der Waals surface area contributed by atoms with Crippen LogP contribution in [0.25, 0.3) is 11.3 Å². The van der Waals surface area contributed by atoms with E-state index in [0.717, 1.165) is 0 Å². The second kappa shape index (κ2) is 3.86. The molecule has 1 aliphatic rings. The van der Waals surface area contributed by atoms with E-state index in [0.29, 0.717) is 27.5 Å². The SMILES string of the molecule is N#Cc1cccnc1-c1[c]c2c(cc1)=NC(=O)N=2. The molecule has 0 atom stereocenters. The van der Waals surface area contributed by atoms with Crippen LogP contribution in [0.2, 0.25) is 0 Å². The lowest BCUT2D eigenvalue weighted by Crippen LogP contribution is -2.21. The number of rotatable bonds is 1. The van der Waals surface area contributed by atoms with Crippen LogP contribution in [0.15, 0.2) is 40.4 Å². The quantitative estimate of drug-likeness (QED) is 0.730. The summed E-state index contributed by atoms with van der Waals surface area (Å²) in [5.74, 6) is 0. The van der Waals surface area contributed by atoms with Gasteiger partial charge in [-0.1, -0.05) is 0 Å². The fraction of sp³-hybridized carbons (Fsp3) is 0. The Hall–Kier alpha value is -2.87. The Morgan fingerprint density at radius 2 is 2.11 bits per heavy atom. The van der Waals surface area contributed by atoms with Gasteiger partial charge in [-0.3, -0.25) is 4.98 Å². The van der Waals surface area contributed by atoms with Crippen molar-refractivity contribution in [3.05, 3.63) is 52.8 Å². The summed E-state index contributed by atoms with van der Waals surface area (Å²) in [7, 11) is 0. The minimum absolute atomic E-state index is 0.395. The molecule has 83 valence electrons. The maximum Gasteiger partial charge on any atom is 0.368 e. The van der Waals surface area contributed by atoms with Crippen molar-refractivity contribution in [1.82, 2.24) is 4.98 Å². The van der Waals surface area contributed by atoms with Crippen molar-refractivity contribution in [2.45, 2.75) is 0 Å². The van der Waals surface area contributed by atoms with Gasteiger partial charge in [-0.25, -0.2) is 4.79 Å². The molecule has 2 amide bonds. The van der Waals surface area contributed by atoms with E-state index in [-0.39, 0.29) is 0 Å². The summed E-state index contributed by atoms with van der Waals surface area (Å²) in [4.78, 5) is 22.6. The predicted molar refractivity (Wildman–Crippen MR) is 60.9 cm³/mol. The first-order valence-corrected chi connectivity index (χ1v) is 5.17. The number of nitriles is 1. The van der Waals surface area contributed by atoms with E-state index in [1.807, 2.05) is 0 Å². The summed E-state index contributed by atoms with van der Waals surface area (Å²) in [5, 5.41) is 9.91. The van der Waals surface area contributed by atoms with E-state index in [2.05, 4.69) is 27.1 Å². The second-order valence-corrected chi connectivity index (χ2v) is 3.62. The van der Waals surface area contributed by atoms with Crippen LogP contribution in [0.1, 0.15) is 5.56 Å². The fourth-order valence-electron chi connectivity index (χ4n) is 1.72. The van der Waals surface area contributed by atoms with Crippen LogP contribution in [0.4, 0.5) is 4.79 Å². The van der Waals surface area contributed by atoms with Crippen molar-refractivity contribution >= 4 is 6.03 Å². The first kappa shape index (κ1) is 10.3. The average molecular weight is 233 g/mol. The zero-order chi connectivity index (χ0) is 12.5. The molecular formula is C13H5N4O. The van der Waals surface area contributed by atoms with E-state index in [1.54, 1.807) is 30.5 Å². The molecule has 5 heteroatoms. The molecule has 2 aromatic rings. The van der Waals surface area contributed by atoms with Crippen molar-refractivity contribution in [1.29, 1.82) is 5.26 Å². The third-order valence-electron chi connectivity index (χ3n) is 2.51. The van der Waals surface area contributed by atoms with Gasteiger partial charge < -0.3 is 0 Å². The van der Waals surface area contributed by atoms with Crippen LogP contribution in [0, 0.1) is 17.4 Å². The number of amides is 2. The first-order valence-electron chi connectivity index (χ1n) is 5.17. The lowest BCUT2D eigenvalue weighted by atomic mass is 10.1. The van der Waals surface area contributed by atoms with E-state index < -0.39 is 6.03 Å². The Morgan fingerprint density at radius 3 is 2.94 bits per heavy atom. The number of aromatic nitrogens is 1.